The number of halogens is 2. The molecule has 9 nitrogen and oxygen atoms in total. The summed E-state index contributed by atoms with van der Waals surface area (Å²) in [5.41, 5.74) is 2.20. The van der Waals surface area contributed by atoms with E-state index in [0.717, 1.165) is 50.4 Å². The van der Waals surface area contributed by atoms with Crippen LogP contribution in [0.25, 0.3) is 5.65 Å². The summed E-state index contributed by atoms with van der Waals surface area (Å²) in [4.78, 5) is 34.0. The Kier molecular flexibility index (Phi) is 7.34. The molecular formula is C29H29ClFN7O2. The Morgan fingerprint density at radius 1 is 0.975 bits per heavy atom. The van der Waals surface area contributed by atoms with Gasteiger partial charge in [-0.15, -0.1) is 5.10 Å². The van der Waals surface area contributed by atoms with Gasteiger partial charge in [0.1, 0.15) is 5.82 Å². The highest BCUT2D eigenvalue weighted by atomic mass is 35.5. The third kappa shape index (κ3) is 5.91. The van der Waals surface area contributed by atoms with Gasteiger partial charge >= 0.3 is 0 Å². The Hall–Kier alpha value is -4.05. The van der Waals surface area contributed by atoms with Crippen LogP contribution in [0.2, 0.25) is 5.02 Å². The molecule has 2 saturated carbocycles. The summed E-state index contributed by atoms with van der Waals surface area (Å²) in [5, 5.41) is 14.9. The summed E-state index contributed by atoms with van der Waals surface area (Å²) >= 11 is 6.05. The van der Waals surface area contributed by atoms with Crippen molar-refractivity contribution in [3.05, 3.63) is 77.1 Å². The number of fused-ring (bicyclic) bond motifs is 1. The van der Waals surface area contributed by atoms with Gasteiger partial charge in [-0.1, -0.05) is 23.7 Å². The molecule has 11 heteroatoms. The number of hydrogen-bond acceptors (Lipinski definition) is 7. The van der Waals surface area contributed by atoms with Crippen LogP contribution in [0.4, 0.5) is 21.6 Å². The SMILES string of the molecule is O=C(CC1CCC(Nc2cc(NC3CC3)c3ncc(C(=O)Nc4ccncc4F)n3n2)CC1)c1cccc(Cl)c1. The van der Waals surface area contributed by atoms with Gasteiger partial charge in [0, 0.05) is 41.4 Å². The molecule has 0 aliphatic heterocycles. The zero-order valence-electron chi connectivity index (χ0n) is 21.7. The van der Waals surface area contributed by atoms with Crippen LogP contribution < -0.4 is 16.0 Å². The van der Waals surface area contributed by atoms with Crippen LogP contribution in [0.1, 0.15) is 65.8 Å². The third-order valence-corrected chi connectivity index (χ3v) is 7.71. The molecule has 4 aromatic rings. The molecule has 40 heavy (non-hydrogen) atoms. The van der Waals surface area contributed by atoms with Gasteiger partial charge in [-0.3, -0.25) is 14.6 Å². The molecule has 206 valence electrons. The molecular weight excluding hydrogens is 533 g/mol. The lowest BCUT2D eigenvalue weighted by molar-refractivity contribution is 0.0948. The summed E-state index contributed by atoms with van der Waals surface area (Å²) in [7, 11) is 0. The molecule has 0 bridgehead atoms. The summed E-state index contributed by atoms with van der Waals surface area (Å²) in [6.07, 6.45) is 10.2. The van der Waals surface area contributed by atoms with E-state index in [4.69, 9.17) is 11.6 Å². The summed E-state index contributed by atoms with van der Waals surface area (Å²) in [6, 6.07) is 11.0. The highest BCUT2D eigenvalue weighted by Gasteiger charge is 2.27. The fraction of sp³-hybridized carbons (Fsp3) is 0.345. The number of nitrogens with one attached hydrogen (secondary N) is 3. The molecule has 0 radical (unpaired) electrons. The van der Waals surface area contributed by atoms with Crippen LogP contribution in [0.15, 0.2) is 55.0 Å². The van der Waals surface area contributed by atoms with E-state index in [0.29, 0.717) is 40.4 Å². The van der Waals surface area contributed by atoms with Crippen LogP contribution >= 0.6 is 11.6 Å². The molecule has 2 aliphatic rings. The van der Waals surface area contributed by atoms with Crippen molar-refractivity contribution in [2.24, 2.45) is 5.92 Å². The molecule has 0 unspecified atom stereocenters. The Bertz CT molecular complexity index is 1560. The minimum Gasteiger partial charge on any atom is -0.379 e. The number of ketones is 1. The van der Waals surface area contributed by atoms with Crippen molar-refractivity contribution in [1.82, 2.24) is 19.6 Å². The fourth-order valence-electron chi connectivity index (χ4n) is 5.17. The number of amides is 1. The lowest BCUT2D eigenvalue weighted by atomic mass is 9.82. The standard InChI is InChI=1S/C29H29ClFN7O2/c30-19-3-1-2-18(13-19)26(39)12-17-4-6-21(7-5-17)35-27-14-24(34-20-8-9-20)28-33-16-25(38(28)37-27)29(40)36-23-10-11-32-15-22(23)31/h1-3,10-11,13-17,20-21,34H,4-9,12H2,(H,35,37)(H,32,36,40). The van der Waals surface area contributed by atoms with Gasteiger partial charge < -0.3 is 16.0 Å². The van der Waals surface area contributed by atoms with E-state index < -0.39 is 11.7 Å². The number of pyridine rings is 1. The minimum atomic E-state index is -0.624. The first kappa shape index (κ1) is 26.2. The largest absolute Gasteiger partial charge is 0.379 e. The number of nitrogens with zero attached hydrogens (tertiary/aromatic N) is 4. The first-order chi connectivity index (χ1) is 19.4. The second-order valence-electron chi connectivity index (χ2n) is 10.5. The van der Waals surface area contributed by atoms with Crippen molar-refractivity contribution in [3.63, 3.8) is 0 Å². The maximum Gasteiger partial charge on any atom is 0.276 e. The summed E-state index contributed by atoms with van der Waals surface area (Å²) < 4.78 is 15.6. The van der Waals surface area contributed by atoms with E-state index in [1.807, 2.05) is 12.1 Å². The third-order valence-electron chi connectivity index (χ3n) is 7.48. The van der Waals surface area contributed by atoms with Gasteiger partial charge in [-0.05, 0) is 62.6 Å². The van der Waals surface area contributed by atoms with Gasteiger partial charge in [0.25, 0.3) is 5.91 Å². The van der Waals surface area contributed by atoms with Crippen molar-refractivity contribution in [2.45, 2.75) is 57.0 Å². The lowest BCUT2D eigenvalue weighted by Crippen LogP contribution is -2.28. The fourth-order valence-corrected chi connectivity index (χ4v) is 5.36. The van der Waals surface area contributed by atoms with Gasteiger partial charge in [0.05, 0.1) is 23.8 Å². The molecule has 3 N–H and O–H groups in total. The topological polar surface area (TPSA) is 113 Å². The van der Waals surface area contributed by atoms with Crippen LogP contribution in [0.3, 0.4) is 0 Å². The van der Waals surface area contributed by atoms with Crippen molar-refractivity contribution < 1.29 is 14.0 Å². The minimum absolute atomic E-state index is 0.0335. The number of aromatic nitrogens is 4. The maximum absolute atomic E-state index is 14.1. The molecule has 0 saturated heterocycles. The average Bonchev–Trinajstić information content (AvgIpc) is 3.66. The Morgan fingerprint density at radius 2 is 1.75 bits per heavy atom. The number of anilines is 3. The first-order valence-corrected chi connectivity index (χ1v) is 13.9. The quantitative estimate of drug-likeness (QED) is 0.215. The smallest absolute Gasteiger partial charge is 0.276 e. The van der Waals surface area contributed by atoms with Gasteiger partial charge in [0.2, 0.25) is 0 Å². The summed E-state index contributed by atoms with van der Waals surface area (Å²) in [5.74, 6) is -0.0781. The Labute approximate surface area is 235 Å². The van der Waals surface area contributed by atoms with Crippen LogP contribution in [-0.2, 0) is 0 Å². The number of imidazole rings is 1. The highest BCUT2D eigenvalue weighted by Crippen LogP contribution is 2.32. The van der Waals surface area contributed by atoms with Crippen molar-refractivity contribution in [2.75, 3.05) is 16.0 Å². The van der Waals surface area contributed by atoms with Crippen LogP contribution in [-0.4, -0.2) is 43.4 Å². The number of benzene rings is 1. The van der Waals surface area contributed by atoms with E-state index in [1.165, 1.54) is 23.0 Å². The van der Waals surface area contributed by atoms with Crippen LogP contribution in [0, 0.1) is 11.7 Å². The second kappa shape index (κ2) is 11.2. The predicted octanol–water partition coefficient (Wildman–Crippen LogP) is 5.99. The molecule has 3 heterocycles. The summed E-state index contributed by atoms with van der Waals surface area (Å²) in [6.45, 7) is 0. The molecule has 2 aliphatic carbocycles. The Balaban J connectivity index is 1.16. The highest BCUT2D eigenvalue weighted by molar-refractivity contribution is 6.31. The molecule has 1 aromatic carbocycles. The monoisotopic (exact) mass is 561 g/mol. The van der Waals surface area contributed by atoms with Gasteiger partial charge in [0.15, 0.2) is 22.9 Å². The predicted molar refractivity (Wildman–Crippen MR) is 152 cm³/mol. The van der Waals surface area contributed by atoms with Gasteiger partial charge in [-0.25, -0.2) is 13.9 Å². The van der Waals surface area contributed by atoms with E-state index >= 15 is 0 Å². The van der Waals surface area contributed by atoms with E-state index in [2.05, 4.69) is 31.0 Å². The van der Waals surface area contributed by atoms with E-state index in [1.54, 1.807) is 18.2 Å². The molecule has 2 fully saturated rings. The number of carbonyl (C=O) groups excluding carboxylic acids is 2. The maximum atomic E-state index is 14.1. The second-order valence-corrected chi connectivity index (χ2v) is 11.0. The zero-order valence-corrected chi connectivity index (χ0v) is 22.5. The number of rotatable bonds is 9. The van der Waals surface area contributed by atoms with Crippen molar-refractivity contribution >= 4 is 46.1 Å². The number of hydrogen-bond donors (Lipinski definition) is 3. The zero-order chi connectivity index (χ0) is 27.6. The molecule has 3 aromatic heterocycles. The van der Waals surface area contributed by atoms with Crippen molar-refractivity contribution in [1.29, 1.82) is 0 Å². The number of carbonyl (C=O) groups is 2. The molecule has 0 atom stereocenters. The van der Waals surface area contributed by atoms with Crippen LogP contribution in [0.5, 0.6) is 0 Å². The number of Topliss-reactive ketones (excluding diaryl/α,β-unsaturated/α-hetero) is 1. The normalized spacial score (nSPS) is 18.9. The average molecular weight is 562 g/mol. The molecule has 1 amide bonds. The lowest BCUT2D eigenvalue weighted by Gasteiger charge is -2.29. The Morgan fingerprint density at radius 3 is 2.50 bits per heavy atom. The van der Waals surface area contributed by atoms with E-state index in [9.17, 15) is 14.0 Å². The molecule has 0 spiro atoms. The van der Waals surface area contributed by atoms with Crippen molar-refractivity contribution in [3.8, 4) is 0 Å². The first-order valence-electron chi connectivity index (χ1n) is 13.5. The molecule has 6 rings (SSSR count). The van der Waals surface area contributed by atoms with E-state index in [-0.39, 0.29) is 23.2 Å². The van der Waals surface area contributed by atoms with Gasteiger partial charge in [-0.2, -0.15) is 0 Å².